The van der Waals surface area contributed by atoms with Crippen molar-refractivity contribution < 1.29 is 15.0 Å². The summed E-state index contributed by atoms with van der Waals surface area (Å²) in [5, 5.41) is 20.5. The highest BCUT2D eigenvalue weighted by molar-refractivity contribution is 5.77. The van der Waals surface area contributed by atoms with Gasteiger partial charge in [-0.3, -0.25) is 9.79 Å². The van der Waals surface area contributed by atoms with Crippen LogP contribution in [0.15, 0.2) is 40.6 Å². The predicted octanol–water partition coefficient (Wildman–Crippen LogP) is 4.42. The highest BCUT2D eigenvalue weighted by Crippen LogP contribution is 2.16. The molecule has 0 aromatic rings. The number of carbonyl (C=O) groups is 1. The van der Waals surface area contributed by atoms with E-state index in [1.165, 1.54) is 11.1 Å². The number of amides is 1. The fraction of sp³-hybridized carbons (Fsp3) is 0.636. The lowest BCUT2D eigenvalue weighted by molar-refractivity contribution is -0.120. The summed E-state index contributed by atoms with van der Waals surface area (Å²) in [6.07, 6.45) is 14.3. The van der Waals surface area contributed by atoms with E-state index in [0.717, 1.165) is 38.5 Å². The van der Waals surface area contributed by atoms with E-state index in [-0.39, 0.29) is 11.9 Å². The number of nitrogens with zero attached hydrogens (tertiary/aromatic N) is 1. The van der Waals surface area contributed by atoms with Crippen molar-refractivity contribution in [3.8, 4) is 0 Å². The topological polar surface area (TPSA) is 81.9 Å². The van der Waals surface area contributed by atoms with E-state index < -0.39 is 6.29 Å². The molecule has 1 atom stereocenters. The van der Waals surface area contributed by atoms with E-state index >= 15 is 0 Å². The third kappa shape index (κ3) is 15.1. The van der Waals surface area contributed by atoms with Gasteiger partial charge in [0.1, 0.15) is 0 Å². The first-order valence-corrected chi connectivity index (χ1v) is 10.1. The maximum Gasteiger partial charge on any atom is 0.224 e. The van der Waals surface area contributed by atoms with Crippen LogP contribution in [0.25, 0.3) is 0 Å². The third-order valence-electron chi connectivity index (χ3n) is 4.21. The molecule has 0 fully saturated rings. The van der Waals surface area contributed by atoms with Crippen molar-refractivity contribution in [2.45, 2.75) is 91.4 Å². The molecule has 5 heteroatoms. The molecule has 0 spiro atoms. The molecule has 0 radical (unpaired) electrons. The smallest absolute Gasteiger partial charge is 0.224 e. The number of hydrogen-bond acceptors (Lipinski definition) is 4. The van der Waals surface area contributed by atoms with Crippen molar-refractivity contribution in [1.82, 2.24) is 5.32 Å². The molecule has 0 heterocycles. The number of allylic oxidation sites excluding steroid dienone is 3. The number of carbonyl (C=O) groups excluding carboxylic acids is 1. The van der Waals surface area contributed by atoms with Gasteiger partial charge in [0.2, 0.25) is 5.91 Å². The molecular weight excluding hydrogens is 340 g/mol. The molecule has 0 rings (SSSR count). The summed E-state index contributed by atoms with van der Waals surface area (Å²) in [7, 11) is 0. The highest BCUT2D eigenvalue weighted by Gasteiger charge is 2.09. The average Bonchev–Trinajstić information content (AvgIpc) is 2.62. The standard InChI is InChI=1S/C22H38N2O3/c1-5-7-12-20(18(3)6-2)17-19(4)24-21(25)13-11-16-23-15-10-8-9-14-22(26)27/h7,11-12,15-16,19,22,26-27H,5-6,8-10,13-14,17H2,1-4H3,(H,24,25)/b12-7-,16-11+,20-18+,23-15+. The van der Waals surface area contributed by atoms with Crippen molar-refractivity contribution in [3.63, 3.8) is 0 Å². The molecule has 0 aromatic carbocycles. The molecule has 3 N–H and O–H groups in total. The minimum atomic E-state index is -1.22. The summed E-state index contributed by atoms with van der Waals surface area (Å²) in [5.74, 6) is -0.00106. The molecule has 0 aliphatic carbocycles. The first-order valence-electron chi connectivity index (χ1n) is 10.1. The van der Waals surface area contributed by atoms with Gasteiger partial charge in [-0.1, -0.05) is 37.6 Å². The van der Waals surface area contributed by atoms with Gasteiger partial charge in [-0.2, -0.15) is 0 Å². The minimum Gasteiger partial charge on any atom is -0.368 e. The van der Waals surface area contributed by atoms with E-state index in [4.69, 9.17) is 10.2 Å². The molecular formula is C22H38N2O3. The third-order valence-corrected chi connectivity index (χ3v) is 4.21. The second kappa shape index (κ2) is 16.5. The molecule has 0 aromatic heterocycles. The molecule has 154 valence electrons. The molecule has 0 bridgehead atoms. The van der Waals surface area contributed by atoms with Crippen LogP contribution >= 0.6 is 0 Å². The second-order valence-corrected chi connectivity index (χ2v) is 6.83. The molecule has 1 unspecified atom stereocenters. The van der Waals surface area contributed by atoms with Crippen LogP contribution in [-0.4, -0.2) is 34.7 Å². The number of rotatable bonds is 14. The number of nitrogens with one attached hydrogen (secondary N) is 1. The Balaban J connectivity index is 4.17. The summed E-state index contributed by atoms with van der Waals surface area (Å²) < 4.78 is 0. The van der Waals surface area contributed by atoms with Crippen molar-refractivity contribution >= 4 is 12.1 Å². The zero-order valence-corrected chi connectivity index (χ0v) is 17.4. The SMILES string of the molecule is CC/C=C\C(CC(C)NC(=O)C/C=C/N=C/CCCCC(O)O)=C(\C)CC. The normalized spacial score (nSPS) is 14.5. The molecule has 0 aliphatic rings. The molecule has 5 nitrogen and oxygen atoms in total. The van der Waals surface area contributed by atoms with Gasteiger partial charge < -0.3 is 15.5 Å². The monoisotopic (exact) mass is 378 g/mol. The first-order chi connectivity index (χ1) is 12.9. The van der Waals surface area contributed by atoms with Crippen LogP contribution in [0, 0.1) is 0 Å². The Labute approximate surface area is 165 Å². The van der Waals surface area contributed by atoms with Crippen LogP contribution < -0.4 is 5.32 Å². The molecule has 0 aliphatic heterocycles. The van der Waals surface area contributed by atoms with Gasteiger partial charge in [-0.05, 0) is 64.4 Å². The lowest BCUT2D eigenvalue weighted by Crippen LogP contribution is -2.32. The lowest BCUT2D eigenvalue weighted by Gasteiger charge is -2.16. The fourth-order valence-corrected chi connectivity index (χ4v) is 2.50. The van der Waals surface area contributed by atoms with Crippen molar-refractivity contribution in [1.29, 1.82) is 0 Å². The Bertz CT molecular complexity index is 520. The summed E-state index contributed by atoms with van der Waals surface area (Å²) >= 11 is 0. The molecule has 0 saturated carbocycles. The van der Waals surface area contributed by atoms with Crippen LogP contribution in [-0.2, 0) is 4.79 Å². The maximum absolute atomic E-state index is 12.0. The Morgan fingerprint density at radius 2 is 1.93 bits per heavy atom. The van der Waals surface area contributed by atoms with Gasteiger partial charge >= 0.3 is 0 Å². The van der Waals surface area contributed by atoms with E-state index in [0.29, 0.717) is 12.8 Å². The van der Waals surface area contributed by atoms with Gasteiger partial charge in [0, 0.05) is 24.9 Å². The zero-order valence-electron chi connectivity index (χ0n) is 17.4. The van der Waals surface area contributed by atoms with Crippen molar-refractivity contribution in [2.24, 2.45) is 4.99 Å². The predicted molar refractivity (Wildman–Crippen MR) is 114 cm³/mol. The lowest BCUT2D eigenvalue weighted by atomic mass is 9.99. The fourth-order valence-electron chi connectivity index (χ4n) is 2.50. The summed E-state index contributed by atoms with van der Waals surface area (Å²) in [4.78, 5) is 16.2. The Morgan fingerprint density at radius 1 is 1.19 bits per heavy atom. The number of unbranched alkanes of at least 4 members (excludes halogenated alkanes) is 2. The first kappa shape index (κ1) is 25.3. The van der Waals surface area contributed by atoms with Crippen molar-refractivity contribution in [2.75, 3.05) is 0 Å². The highest BCUT2D eigenvalue weighted by atomic mass is 16.5. The number of hydrogen-bond donors (Lipinski definition) is 3. The van der Waals surface area contributed by atoms with Crippen LogP contribution in [0.5, 0.6) is 0 Å². The van der Waals surface area contributed by atoms with Gasteiger partial charge in [0.25, 0.3) is 0 Å². The average molecular weight is 379 g/mol. The van der Waals surface area contributed by atoms with E-state index in [1.54, 1.807) is 18.5 Å². The van der Waals surface area contributed by atoms with Gasteiger partial charge in [0.05, 0.1) is 0 Å². The number of aliphatic hydroxyl groups is 2. The summed E-state index contributed by atoms with van der Waals surface area (Å²) in [6, 6.07) is 0.0919. The zero-order chi connectivity index (χ0) is 20.5. The van der Waals surface area contributed by atoms with E-state index in [1.807, 2.05) is 6.92 Å². The Hall–Kier alpha value is -1.72. The largest absolute Gasteiger partial charge is 0.368 e. The number of aliphatic imine (C=N–C) groups is 1. The second-order valence-electron chi connectivity index (χ2n) is 6.83. The Morgan fingerprint density at radius 3 is 2.56 bits per heavy atom. The summed E-state index contributed by atoms with van der Waals surface area (Å²) in [5.41, 5.74) is 2.67. The number of aliphatic hydroxyl groups excluding tert-OH is 1. The molecule has 0 saturated heterocycles. The van der Waals surface area contributed by atoms with E-state index in [2.05, 4.69) is 43.2 Å². The minimum absolute atomic E-state index is 0.00106. The summed E-state index contributed by atoms with van der Waals surface area (Å²) in [6.45, 7) is 8.46. The molecule has 27 heavy (non-hydrogen) atoms. The van der Waals surface area contributed by atoms with Gasteiger partial charge in [-0.25, -0.2) is 0 Å². The van der Waals surface area contributed by atoms with Crippen LogP contribution in [0.3, 0.4) is 0 Å². The van der Waals surface area contributed by atoms with E-state index in [9.17, 15) is 4.79 Å². The quantitative estimate of drug-likeness (QED) is 0.181. The van der Waals surface area contributed by atoms with Crippen LogP contribution in [0.1, 0.15) is 79.1 Å². The van der Waals surface area contributed by atoms with Gasteiger partial charge in [-0.15, -0.1) is 0 Å². The van der Waals surface area contributed by atoms with Gasteiger partial charge in [0.15, 0.2) is 6.29 Å². The maximum atomic E-state index is 12.0. The Kier molecular flexibility index (Phi) is 15.4. The van der Waals surface area contributed by atoms with Crippen LogP contribution in [0.2, 0.25) is 0 Å². The molecule has 1 amide bonds. The van der Waals surface area contributed by atoms with Crippen molar-refractivity contribution in [3.05, 3.63) is 35.6 Å². The van der Waals surface area contributed by atoms with Crippen LogP contribution in [0.4, 0.5) is 0 Å².